The molecule has 0 atom stereocenters. The Labute approximate surface area is 151 Å². The lowest BCUT2D eigenvalue weighted by Crippen LogP contribution is -2.52. The Morgan fingerprint density at radius 2 is 2.12 bits per heavy atom. The highest BCUT2D eigenvalue weighted by Gasteiger charge is 2.44. The molecule has 2 aromatic rings. The molecule has 25 heavy (non-hydrogen) atoms. The normalized spacial score (nSPS) is 19.1. The summed E-state index contributed by atoms with van der Waals surface area (Å²) in [6.07, 6.45) is 5.11. The minimum Gasteiger partial charge on any atom is -0.439 e. The SMILES string of the molecule is CC(C)NCc1nc2cc(Cl)c3c(c2o1)C1(CCCCC1)NC(=O)N3. The van der Waals surface area contributed by atoms with Gasteiger partial charge in [0.25, 0.3) is 0 Å². The Balaban J connectivity index is 1.87. The van der Waals surface area contributed by atoms with Gasteiger partial charge < -0.3 is 20.4 Å². The molecule has 7 heteroatoms. The summed E-state index contributed by atoms with van der Waals surface area (Å²) in [5.74, 6) is 0.635. The summed E-state index contributed by atoms with van der Waals surface area (Å²) in [4.78, 5) is 16.8. The zero-order chi connectivity index (χ0) is 17.6. The standard InChI is InChI=1S/C18H23ClN4O2/c1-10(2)20-9-13-21-12-8-11(19)15-14(16(12)25-13)18(23-17(24)22-15)6-4-3-5-7-18/h8,10,20H,3-7,9H2,1-2H3,(H2,22,23,24). The van der Waals surface area contributed by atoms with Gasteiger partial charge in [-0.2, -0.15) is 0 Å². The summed E-state index contributed by atoms with van der Waals surface area (Å²) in [6, 6.07) is 1.93. The van der Waals surface area contributed by atoms with Crippen molar-refractivity contribution in [1.29, 1.82) is 0 Å². The van der Waals surface area contributed by atoms with Crippen LogP contribution >= 0.6 is 11.6 Å². The Morgan fingerprint density at radius 3 is 2.84 bits per heavy atom. The molecule has 1 saturated carbocycles. The van der Waals surface area contributed by atoms with E-state index in [0.29, 0.717) is 29.2 Å². The molecule has 0 unspecified atom stereocenters. The van der Waals surface area contributed by atoms with Crippen LogP contribution in [-0.2, 0) is 12.1 Å². The molecule has 3 N–H and O–H groups in total. The zero-order valence-corrected chi connectivity index (χ0v) is 15.3. The first-order valence-electron chi connectivity index (χ1n) is 8.93. The van der Waals surface area contributed by atoms with Crippen LogP contribution in [0.25, 0.3) is 11.1 Å². The summed E-state index contributed by atoms with van der Waals surface area (Å²) in [7, 11) is 0. The highest BCUT2D eigenvalue weighted by molar-refractivity contribution is 6.35. The molecule has 2 aliphatic rings. The van der Waals surface area contributed by atoms with E-state index in [1.54, 1.807) is 6.07 Å². The number of halogens is 1. The second-order valence-electron chi connectivity index (χ2n) is 7.32. The van der Waals surface area contributed by atoms with E-state index < -0.39 is 5.54 Å². The molecule has 1 fully saturated rings. The third-order valence-electron chi connectivity index (χ3n) is 5.12. The van der Waals surface area contributed by atoms with Crippen molar-refractivity contribution in [1.82, 2.24) is 15.6 Å². The summed E-state index contributed by atoms with van der Waals surface area (Å²) in [5.41, 5.74) is 2.68. The number of hydrogen-bond acceptors (Lipinski definition) is 4. The predicted octanol–water partition coefficient (Wildman–Crippen LogP) is 4.27. The number of amides is 2. The average molecular weight is 363 g/mol. The van der Waals surface area contributed by atoms with Crippen molar-refractivity contribution < 1.29 is 9.21 Å². The summed E-state index contributed by atoms with van der Waals surface area (Å²) in [5, 5.41) is 9.85. The first-order chi connectivity index (χ1) is 12.0. The molecule has 1 aliphatic heterocycles. The van der Waals surface area contributed by atoms with Gasteiger partial charge in [0, 0.05) is 11.6 Å². The van der Waals surface area contributed by atoms with E-state index in [0.717, 1.165) is 42.3 Å². The zero-order valence-electron chi connectivity index (χ0n) is 14.5. The van der Waals surface area contributed by atoms with Gasteiger partial charge in [-0.05, 0) is 18.9 Å². The average Bonchev–Trinajstić information content (AvgIpc) is 2.96. The fourth-order valence-corrected chi connectivity index (χ4v) is 4.23. The molecule has 0 saturated heterocycles. The van der Waals surface area contributed by atoms with Gasteiger partial charge in [0.1, 0.15) is 5.52 Å². The van der Waals surface area contributed by atoms with Gasteiger partial charge in [0.2, 0.25) is 5.89 Å². The molecule has 0 radical (unpaired) electrons. The molecule has 6 nitrogen and oxygen atoms in total. The van der Waals surface area contributed by atoms with Gasteiger partial charge in [-0.3, -0.25) is 0 Å². The Morgan fingerprint density at radius 1 is 1.36 bits per heavy atom. The fraction of sp³-hybridized carbons (Fsp3) is 0.556. The van der Waals surface area contributed by atoms with Crippen molar-refractivity contribution in [3.8, 4) is 0 Å². The number of carbonyl (C=O) groups is 1. The molecule has 134 valence electrons. The topological polar surface area (TPSA) is 79.2 Å². The van der Waals surface area contributed by atoms with E-state index in [2.05, 4.69) is 34.8 Å². The smallest absolute Gasteiger partial charge is 0.319 e. The van der Waals surface area contributed by atoms with Crippen LogP contribution in [0.3, 0.4) is 0 Å². The van der Waals surface area contributed by atoms with Crippen LogP contribution in [0, 0.1) is 0 Å². The second kappa shape index (κ2) is 6.18. The molecular formula is C18H23ClN4O2. The maximum atomic E-state index is 12.2. The molecular weight excluding hydrogens is 340 g/mol. The van der Waals surface area contributed by atoms with Crippen molar-refractivity contribution in [2.24, 2.45) is 0 Å². The predicted molar refractivity (Wildman–Crippen MR) is 97.9 cm³/mol. The number of fused-ring (bicyclic) bond motifs is 4. The van der Waals surface area contributed by atoms with Crippen LogP contribution in [0.5, 0.6) is 0 Å². The number of benzene rings is 1. The number of hydrogen-bond donors (Lipinski definition) is 3. The maximum absolute atomic E-state index is 12.2. The number of aromatic nitrogens is 1. The number of rotatable bonds is 3. The Bertz CT molecular complexity index is 824. The van der Waals surface area contributed by atoms with Crippen LogP contribution in [0.1, 0.15) is 57.4 Å². The van der Waals surface area contributed by atoms with Gasteiger partial charge in [-0.1, -0.05) is 44.7 Å². The first kappa shape index (κ1) is 16.7. The first-order valence-corrected chi connectivity index (χ1v) is 9.31. The molecule has 1 aliphatic carbocycles. The molecule has 0 bridgehead atoms. The lowest BCUT2D eigenvalue weighted by molar-refractivity contribution is 0.209. The van der Waals surface area contributed by atoms with Crippen LogP contribution < -0.4 is 16.0 Å². The summed E-state index contributed by atoms with van der Waals surface area (Å²) >= 11 is 6.49. The quantitative estimate of drug-likeness (QED) is 0.761. The van der Waals surface area contributed by atoms with Crippen LogP contribution in [0.4, 0.5) is 10.5 Å². The number of carbonyl (C=O) groups excluding carboxylic acids is 1. The monoisotopic (exact) mass is 362 g/mol. The van der Waals surface area contributed by atoms with Gasteiger partial charge >= 0.3 is 6.03 Å². The third-order valence-corrected chi connectivity index (χ3v) is 5.41. The molecule has 2 amide bonds. The lowest BCUT2D eigenvalue weighted by atomic mass is 9.74. The summed E-state index contributed by atoms with van der Waals surface area (Å²) < 4.78 is 6.11. The van der Waals surface area contributed by atoms with Crippen molar-refractivity contribution in [3.63, 3.8) is 0 Å². The van der Waals surface area contributed by atoms with Gasteiger partial charge in [0.05, 0.1) is 22.8 Å². The van der Waals surface area contributed by atoms with E-state index in [-0.39, 0.29) is 6.03 Å². The number of urea groups is 1. The highest BCUT2D eigenvalue weighted by atomic mass is 35.5. The number of nitrogens with one attached hydrogen (secondary N) is 3. The van der Waals surface area contributed by atoms with Crippen molar-refractivity contribution >= 4 is 34.4 Å². The van der Waals surface area contributed by atoms with E-state index in [9.17, 15) is 4.79 Å². The number of anilines is 1. The third kappa shape index (κ3) is 2.87. The number of oxazole rings is 1. The molecule has 2 heterocycles. The van der Waals surface area contributed by atoms with E-state index >= 15 is 0 Å². The Hall–Kier alpha value is -1.79. The molecule has 1 aromatic heterocycles. The summed E-state index contributed by atoms with van der Waals surface area (Å²) in [6.45, 7) is 4.72. The second-order valence-corrected chi connectivity index (χ2v) is 7.73. The molecule has 1 aromatic carbocycles. The van der Waals surface area contributed by atoms with Gasteiger partial charge in [-0.25, -0.2) is 9.78 Å². The van der Waals surface area contributed by atoms with E-state index in [1.807, 2.05) is 0 Å². The Kier molecular flexibility index (Phi) is 4.12. The van der Waals surface area contributed by atoms with Gasteiger partial charge in [-0.15, -0.1) is 0 Å². The van der Waals surface area contributed by atoms with Crippen LogP contribution in [-0.4, -0.2) is 17.1 Å². The van der Waals surface area contributed by atoms with Crippen LogP contribution in [0.15, 0.2) is 10.5 Å². The lowest BCUT2D eigenvalue weighted by Gasteiger charge is -2.42. The van der Waals surface area contributed by atoms with Crippen molar-refractivity contribution in [2.75, 3.05) is 5.32 Å². The van der Waals surface area contributed by atoms with Gasteiger partial charge in [0.15, 0.2) is 5.58 Å². The van der Waals surface area contributed by atoms with Crippen molar-refractivity contribution in [3.05, 3.63) is 22.5 Å². The highest BCUT2D eigenvalue weighted by Crippen LogP contribution is 2.48. The fourth-order valence-electron chi connectivity index (χ4n) is 3.98. The number of nitrogens with zero attached hydrogens (tertiary/aromatic N) is 1. The van der Waals surface area contributed by atoms with E-state index in [4.69, 9.17) is 16.0 Å². The maximum Gasteiger partial charge on any atom is 0.319 e. The minimum absolute atomic E-state index is 0.197. The van der Waals surface area contributed by atoms with Crippen LogP contribution in [0.2, 0.25) is 5.02 Å². The largest absolute Gasteiger partial charge is 0.439 e. The van der Waals surface area contributed by atoms with Crippen molar-refractivity contribution in [2.45, 2.75) is 64.1 Å². The molecule has 4 rings (SSSR count). The van der Waals surface area contributed by atoms with E-state index in [1.165, 1.54) is 6.42 Å². The minimum atomic E-state index is -0.415. The molecule has 1 spiro atoms.